The molecule has 0 aliphatic heterocycles. The Labute approximate surface area is 358 Å². The van der Waals surface area contributed by atoms with Gasteiger partial charge in [-0.2, -0.15) is 5.26 Å². The number of carboxylic acid groups (broad SMARTS) is 2. The number of carboxylic acids is 2. The third-order valence-electron chi connectivity index (χ3n) is 9.08. The van der Waals surface area contributed by atoms with Crippen molar-refractivity contribution >= 4 is 63.0 Å². The van der Waals surface area contributed by atoms with Crippen molar-refractivity contribution in [1.29, 1.82) is 10.7 Å². The molecular weight excluding hydrogens is 867 g/mol. The standard InChI is InChI=1S/C42H39BrCl2N6O8/c43-40-28(23-59-39-12-38(58-22-26-9-25(13-46)15-48-16-26)29(11-34(39)45)19-51-37(21-53)42(56)57)3-1-5-31(40)30-4-2-6-35(32(30)14-47)50-18-27-8-7-24(10-33(27)44)17-49-36(20-52)41(54)55/h1-12,14-16,36-37,47,49-53H,17-23H2,(H,54,55)(H,56,57). The number of halogens is 3. The van der Waals surface area contributed by atoms with Crippen LogP contribution in [0.4, 0.5) is 5.69 Å². The second kappa shape index (κ2) is 21.4. The first kappa shape index (κ1) is 44.5. The maximum Gasteiger partial charge on any atom is 0.323 e. The van der Waals surface area contributed by atoms with Gasteiger partial charge in [0, 0.05) is 81.7 Å². The molecule has 0 saturated heterocycles. The lowest BCUT2D eigenvalue weighted by Crippen LogP contribution is -2.39. The molecule has 0 amide bonds. The van der Waals surface area contributed by atoms with E-state index in [9.17, 15) is 30.2 Å². The maximum absolute atomic E-state index is 11.5. The van der Waals surface area contributed by atoms with E-state index in [2.05, 4.69) is 36.9 Å². The smallest absolute Gasteiger partial charge is 0.323 e. The Morgan fingerprint density at radius 3 is 2.17 bits per heavy atom. The molecule has 1 aromatic heterocycles. The van der Waals surface area contributed by atoms with E-state index < -0.39 is 37.2 Å². The Hall–Kier alpha value is -5.57. The number of hydrogen-bond acceptors (Lipinski definition) is 12. The van der Waals surface area contributed by atoms with Gasteiger partial charge in [-0.25, -0.2) is 0 Å². The summed E-state index contributed by atoms with van der Waals surface area (Å²) in [7, 11) is 0. The first-order valence-corrected chi connectivity index (χ1v) is 19.5. The molecule has 0 aliphatic rings. The average molecular weight is 907 g/mol. The van der Waals surface area contributed by atoms with E-state index >= 15 is 0 Å². The number of aliphatic hydroxyl groups is 2. The monoisotopic (exact) mass is 904 g/mol. The molecule has 8 N–H and O–H groups in total. The quantitative estimate of drug-likeness (QED) is 0.0367. The van der Waals surface area contributed by atoms with Crippen LogP contribution in [0.25, 0.3) is 11.1 Å². The molecule has 0 spiro atoms. The lowest BCUT2D eigenvalue weighted by molar-refractivity contribution is -0.141. The van der Waals surface area contributed by atoms with Gasteiger partial charge in [0.2, 0.25) is 0 Å². The minimum absolute atomic E-state index is 0.000101. The summed E-state index contributed by atoms with van der Waals surface area (Å²) in [5.41, 5.74) is 6.68. The number of nitrogens with zero attached hydrogens (tertiary/aromatic N) is 2. The van der Waals surface area contributed by atoms with Crippen molar-refractivity contribution in [3.63, 3.8) is 0 Å². The molecule has 0 radical (unpaired) electrons. The minimum Gasteiger partial charge on any atom is -0.488 e. The largest absolute Gasteiger partial charge is 0.488 e. The normalized spacial score (nSPS) is 11.9. The number of rotatable bonds is 21. The van der Waals surface area contributed by atoms with Gasteiger partial charge in [0.05, 0.1) is 23.8 Å². The number of aliphatic hydroxyl groups excluding tert-OH is 2. The molecule has 5 aromatic rings. The van der Waals surface area contributed by atoms with Crippen molar-refractivity contribution in [3.05, 3.63) is 139 Å². The van der Waals surface area contributed by atoms with Gasteiger partial charge in [0.25, 0.3) is 0 Å². The second-order valence-corrected chi connectivity index (χ2v) is 14.6. The fourth-order valence-corrected chi connectivity index (χ4v) is 6.98. The van der Waals surface area contributed by atoms with Gasteiger partial charge in [0.15, 0.2) is 0 Å². The van der Waals surface area contributed by atoms with Crippen LogP contribution in [-0.4, -0.2) is 68.9 Å². The van der Waals surface area contributed by atoms with Gasteiger partial charge in [-0.15, -0.1) is 0 Å². The van der Waals surface area contributed by atoms with Crippen LogP contribution >= 0.6 is 39.1 Å². The molecule has 14 nitrogen and oxygen atoms in total. The number of aromatic nitrogens is 1. The topological polar surface area (TPSA) is 230 Å². The third-order valence-corrected chi connectivity index (χ3v) is 10.7. The number of hydrogen-bond donors (Lipinski definition) is 8. The maximum atomic E-state index is 11.5. The summed E-state index contributed by atoms with van der Waals surface area (Å²) in [5, 5.41) is 64.6. The molecule has 17 heteroatoms. The van der Waals surface area contributed by atoms with Crippen molar-refractivity contribution in [2.45, 2.75) is 44.9 Å². The third kappa shape index (κ3) is 11.8. The van der Waals surface area contributed by atoms with Gasteiger partial charge < -0.3 is 40.6 Å². The number of nitriles is 1. The molecule has 2 atom stereocenters. The summed E-state index contributed by atoms with van der Waals surface area (Å²) in [6.45, 7) is -0.510. The number of anilines is 1. The number of ether oxygens (including phenoxy) is 2. The molecule has 5 rings (SSSR count). The van der Waals surface area contributed by atoms with Gasteiger partial charge in [-0.1, -0.05) is 65.7 Å². The van der Waals surface area contributed by atoms with Crippen LogP contribution < -0.4 is 25.4 Å². The van der Waals surface area contributed by atoms with Crippen LogP contribution in [-0.2, 0) is 42.4 Å². The molecule has 59 heavy (non-hydrogen) atoms. The Bertz CT molecular complexity index is 2360. The molecule has 0 fully saturated rings. The summed E-state index contributed by atoms with van der Waals surface area (Å²) in [6.07, 6.45) is 4.27. The molecule has 1 heterocycles. The van der Waals surface area contributed by atoms with Crippen LogP contribution in [0.15, 0.2) is 89.7 Å². The summed E-state index contributed by atoms with van der Waals surface area (Å²) in [5.74, 6) is -1.76. The first-order valence-electron chi connectivity index (χ1n) is 17.9. The van der Waals surface area contributed by atoms with Crippen molar-refractivity contribution in [2.24, 2.45) is 0 Å². The Morgan fingerprint density at radius 1 is 0.797 bits per heavy atom. The molecule has 0 bridgehead atoms. The van der Waals surface area contributed by atoms with Gasteiger partial charge in [-0.05, 0) is 62.4 Å². The zero-order valence-electron chi connectivity index (χ0n) is 31.2. The highest BCUT2D eigenvalue weighted by Crippen LogP contribution is 2.38. The summed E-state index contributed by atoms with van der Waals surface area (Å²) < 4.78 is 13.1. The van der Waals surface area contributed by atoms with Crippen molar-refractivity contribution in [1.82, 2.24) is 15.6 Å². The lowest BCUT2D eigenvalue weighted by Gasteiger charge is -2.19. The highest BCUT2D eigenvalue weighted by Gasteiger charge is 2.20. The summed E-state index contributed by atoms with van der Waals surface area (Å²) in [4.78, 5) is 26.8. The first-order chi connectivity index (χ1) is 28.5. The van der Waals surface area contributed by atoms with Crippen LogP contribution in [0.5, 0.6) is 11.5 Å². The van der Waals surface area contributed by atoms with Crippen molar-refractivity contribution in [3.8, 4) is 28.7 Å². The van der Waals surface area contributed by atoms with E-state index in [0.29, 0.717) is 45.3 Å². The molecular formula is C42H39BrCl2N6O8. The van der Waals surface area contributed by atoms with Gasteiger partial charge in [0.1, 0.15) is 42.9 Å². The molecule has 0 aliphatic carbocycles. The number of nitrogens with one attached hydrogen (secondary N) is 4. The van der Waals surface area contributed by atoms with E-state index in [0.717, 1.165) is 32.3 Å². The number of benzene rings is 4. The lowest BCUT2D eigenvalue weighted by atomic mass is 9.97. The van der Waals surface area contributed by atoms with Crippen LogP contribution in [0, 0.1) is 16.7 Å². The minimum atomic E-state index is -1.22. The highest BCUT2D eigenvalue weighted by molar-refractivity contribution is 9.10. The highest BCUT2D eigenvalue weighted by atomic mass is 79.9. The number of pyridine rings is 1. The van der Waals surface area contributed by atoms with E-state index in [1.807, 2.05) is 54.6 Å². The zero-order chi connectivity index (χ0) is 42.5. The van der Waals surface area contributed by atoms with Crippen molar-refractivity contribution < 1.29 is 39.5 Å². The Morgan fingerprint density at radius 2 is 1.49 bits per heavy atom. The van der Waals surface area contributed by atoms with Crippen LogP contribution in [0.2, 0.25) is 10.0 Å². The second-order valence-electron chi connectivity index (χ2n) is 13.0. The van der Waals surface area contributed by atoms with Gasteiger partial charge in [-0.3, -0.25) is 25.2 Å². The van der Waals surface area contributed by atoms with Gasteiger partial charge >= 0.3 is 11.9 Å². The van der Waals surface area contributed by atoms with Crippen LogP contribution in [0.3, 0.4) is 0 Å². The van der Waals surface area contributed by atoms with E-state index in [4.69, 9.17) is 43.2 Å². The van der Waals surface area contributed by atoms with E-state index in [1.165, 1.54) is 12.4 Å². The van der Waals surface area contributed by atoms with E-state index in [1.54, 1.807) is 30.5 Å². The fourth-order valence-electron chi connectivity index (χ4n) is 5.88. The number of aliphatic carboxylic acids is 2. The molecule has 306 valence electrons. The summed E-state index contributed by atoms with van der Waals surface area (Å²) >= 11 is 17.0. The Kier molecular flexibility index (Phi) is 16.2. The molecule has 2 unspecified atom stereocenters. The summed E-state index contributed by atoms with van der Waals surface area (Å²) in [6, 6.07) is 21.3. The zero-order valence-corrected chi connectivity index (χ0v) is 34.3. The molecule has 0 saturated carbocycles. The average Bonchev–Trinajstić information content (AvgIpc) is 3.23. The Balaban J connectivity index is 1.33. The predicted molar refractivity (Wildman–Crippen MR) is 226 cm³/mol. The van der Waals surface area contributed by atoms with E-state index in [-0.39, 0.29) is 37.1 Å². The predicted octanol–water partition coefficient (Wildman–Crippen LogP) is 6.53. The molecule has 4 aromatic carbocycles. The number of carbonyl (C=O) groups is 2. The van der Waals surface area contributed by atoms with Crippen LogP contribution in [0.1, 0.15) is 38.9 Å². The SMILES string of the molecule is N#Cc1cncc(COc2cc(OCc3cccc(-c4cccc(NCc5ccc(CNC(CO)C(=O)O)cc5Cl)c4C=N)c3Br)c(Cl)cc2CNC(CO)C(=O)O)c1. The van der Waals surface area contributed by atoms with Crippen molar-refractivity contribution in [2.75, 3.05) is 18.5 Å². The fraction of sp³-hybridized carbons (Fsp3) is 0.214.